The lowest BCUT2D eigenvalue weighted by Gasteiger charge is -2.50. The first-order valence-corrected chi connectivity index (χ1v) is 8.08. The predicted octanol–water partition coefficient (Wildman–Crippen LogP) is 1.46. The lowest BCUT2D eigenvalue weighted by atomic mass is 9.79. The third-order valence-corrected chi connectivity index (χ3v) is 5.11. The van der Waals surface area contributed by atoms with Crippen LogP contribution in [0.2, 0.25) is 0 Å². The van der Waals surface area contributed by atoms with Gasteiger partial charge in [-0.1, -0.05) is 33.6 Å². The summed E-state index contributed by atoms with van der Waals surface area (Å²) in [5.74, 6) is 0.130. The van der Waals surface area contributed by atoms with Gasteiger partial charge in [-0.2, -0.15) is 0 Å². The third kappa shape index (κ3) is 2.35. The van der Waals surface area contributed by atoms with Gasteiger partial charge in [-0.3, -0.25) is 9.59 Å². The van der Waals surface area contributed by atoms with Crippen molar-refractivity contribution in [3.63, 3.8) is 0 Å². The van der Waals surface area contributed by atoms with Crippen molar-refractivity contribution in [2.24, 2.45) is 5.41 Å². The van der Waals surface area contributed by atoms with E-state index in [-0.39, 0.29) is 23.3 Å². The zero-order valence-electron chi connectivity index (χ0n) is 13.3. The molecule has 5 nitrogen and oxygen atoms in total. The lowest BCUT2D eigenvalue weighted by Crippen LogP contribution is -2.73. The molecule has 1 spiro atoms. The summed E-state index contributed by atoms with van der Waals surface area (Å²) in [6.07, 6.45) is 4.42. The van der Waals surface area contributed by atoms with E-state index in [4.69, 9.17) is 4.74 Å². The molecular formula is C16H26N2O3. The van der Waals surface area contributed by atoms with Crippen LogP contribution < -0.4 is 5.32 Å². The molecule has 3 fully saturated rings. The van der Waals surface area contributed by atoms with Gasteiger partial charge in [-0.05, 0) is 24.7 Å². The van der Waals surface area contributed by atoms with E-state index >= 15 is 0 Å². The van der Waals surface area contributed by atoms with Gasteiger partial charge in [0.15, 0.2) is 0 Å². The van der Waals surface area contributed by atoms with Crippen molar-refractivity contribution in [3.05, 3.63) is 0 Å². The Hall–Kier alpha value is -1.10. The van der Waals surface area contributed by atoms with Crippen LogP contribution in [0.5, 0.6) is 0 Å². The molecule has 0 aromatic heterocycles. The molecule has 0 radical (unpaired) electrons. The van der Waals surface area contributed by atoms with Crippen LogP contribution in [0, 0.1) is 5.41 Å². The van der Waals surface area contributed by atoms with E-state index < -0.39 is 11.6 Å². The number of rotatable bonds is 1. The molecule has 1 saturated carbocycles. The minimum atomic E-state index is -0.637. The van der Waals surface area contributed by atoms with Crippen molar-refractivity contribution >= 4 is 11.8 Å². The van der Waals surface area contributed by atoms with E-state index in [2.05, 4.69) is 5.32 Å². The van der Waals surface area contributed by atoms with E-state index in [0.29, 0.717) is 13.2 Å². The molecule has 2 heterocycles. The molecule has 2 atom stereocenters. The minimum Gasteiger partial charge on any atom is -0.379 e. The molecule has 0 aromatic carbocycles. The number of amides is 2. The Balaban J connectivity index is 1.98. The Bertz CT molecular complexity index is 443. The number of nitrogens with zero attached hydrogens (tertiary/aromatic N) is 1. The second-order valence-corrected chi connectivity index (χ2v) is 7.78. The highest BCUT2D eigenvalue weighted by Gasteiger charge is 2.56. The predicted molar refractivity (Wildman–Crippen MR) is 78.7 cm³/mol. The summed E-state index contributed by atoms with van der Waals surface area (Å²) in [7, 11) is 0. The van der Waals surface area contributed by atoms with Crippen molar-refractivity contribution in [1.29, 1.82) is 0 Å². The standard InChI is InChI=1S/C16H26N2O3/c1-15(2,3)12-13(19)17-16(7-4-5-8-16)14(20)18(12)11-6-9-21-10-11/h11-12H,4-10H2,1-3H3,(H,17,19). The quantitative estimate of drug-likeness (QED) is 0.796. The second-order valence-electron chi connectivity index (χ2n) is 7.78. The maximum atomic E-state index is 13.2. The number of ether oxygens (including phenoxy) is 1. The summed E-state index contributed by atoms with van der Waals surface area (Å²) >= 11 is 0. The number of nitrogens with one attached hydrogen (secondary N) is 1. The average Bonchev–Trinajstić information content (AvgIpc) is 3.03. The van der Waals surface area contributed by atoms with Crippen LogP contribution in [0.25, 0.3) is 0 Å². The summed E-state index contributed by atoms with van der Waals surface area (Å²) in [5, 5.41) is 3.08. The van der Waals surface area contributed by atoms with E-state index in [9.17, 15) is 9.59 Å². The van der Waals surface area contributed by atoms with Gasteiger partial charge in [-0.15, -0.1) is 0 Å². The van der Waals surface area contributed by atoms with E-state index in [1.165, 1.54) is 0 Å². The Morgan fingerprint density at radius 3 is 2.43 bits per heavy atom. The molecule has 3 aliphatic rings. The Kier molecular flexibility index (Phi) is 3.51. The number of hydrogen-bond acceptors (Lipinski definition) is 3. The molecule has 3 rings (SSSR count). The summed E-state index contributed by atoms with van der Waals surface area (Å²) < 4.78 is 5.48. The summed E-state index contributed by atoms with van der Waals surface area (Å²) in [6, 6.07) is -0.354. The third-order valence-electron chi connectivity index (χ3n) is 5.11. The van der Waals surface area contributed by atoms with Crippen LogP contribution in [0.15, 0.2) is 0 Å². The topological polar surface area (TPSA) is 58.6 Å². The van der Waals surface area contributed by atoms with Gasteiger partial charge in [0.25, 0.3) is 0 Å². The van der Waals surface area contributed by atoms with Gasteiger partial charge < -0.3 is 15.0 Å². The first-order valence-electron chi connectivity index (χ1n) is 8.08. The molecule has 1 aliphatic carbocycles. The zero-order chi connectivity index (χ0) is 15.3. The van der Waals surface area contributed by atoms with Crippen molar-refractivity contribution in [1.82, 2.24) is 10.2 Å². The monoisotopic (exact) mass is 294 g/mol. The first-order chi connectivity index (χ1) is 9.85. The Morgan fingerprint density at radius 2 is 1.90 bits per heavy atom. The molecular weight excluding hydrogens is 268 g/mol. The zero-order valence-corrected chi connectivity index (χ0v) is 13.3. The molecule has 1 N–H and O–H groups in total. The number of carbonyl (C=O) groups is 2. The number of carbonyl (C=O) groups excluding carboxylic acids is 2. The van der Waals surface area contributed by atoms with Crippen LogP contribution in [-0.2, 0) is 14.3 Å². The number of piperazine rings is 1. The maximum absolute atomic E-state index is 13.2. The molecule has 2 unspecified atom stereocenters. The summed E-state index contributed by atoms with van der Waals surface area (Å²) in [6.45, 7) is 7.32. The molecule has 21 heavy (non-hydrogen) atoms. The number of hydrogen-bond donors (Lipinski definition) is 1. The molecule has 2 aliphatic heterocycles. The maximum Gasteiger partial charge on any atom is 0.249 e. The van der Waals surface area contributed by atoms with Gasteiger partial charge in [-0.25, -0.2) is 0 Å². The van der Waals surface area contributed by atoms with Crippen molar-refractivity contribution in [2.75, 3.05) is 13.2 Å². The Labute approximate surface area is 126 Å². The highest BCUT2D eigenvalue weighted by atomic mass is 16.5. The highest BCUT2D eigenvalue weighted by Crippen LogP contribution is 2.40. The van der Waals surface area contributed by atoms with Crippen LogP contribution in [0.1, 0.15) is 52.9 Å². The smallest absolute Gasteiger partial charge is 0.249 e. The van der Waals surface area contributed by atoms with Crippen LogP contribution in [-0.4, -0.2) is 47.6 Å². The van der Waals surface area contributed by atoms with Gasteiger partial charge >= 0.3 is 0 Å². The molecule has 118 valence electrons. The SMILES string of the molecule is CC(C)(C)C1C(=O)NC2(CCCC2)C(=O)N1C1CCOC1. The molecule has 2 saturated heterocycles. The Morgan fingerprint density at radius 1 is 1.24 bits per heavy atom. The van der Waals surface area contributed by atoms with Gasteiger partial charge in [0, 0.05) is 6.61 Å². The van der Waals surface area contributed by atoms with Crippen molar-refractivity contribution < 1.29 is 14.3 Å². The summed E-state index contributed by atoms with van der Waals surface area (Å²) in [4.78, 5) is 27.8. The fourth-order valence-corrected chi connectivity index (χ4v) is 4.09. The van der Waals surface area contributed by atoms with Crippen LogP contribution in [0.4, 0.5) is 0 Å². The normalized spacial score (nSPS) is 32.8. The van der Waals surface area contributed by atoms with Crippen molar-refractivity contribution in [2.45, 2.75) is 70.5 Å². The highest BCUT2D eigenvalue weighted by molar-refractivity contribution is 6.00. The first kappa shape index (κ1) is 14.8. The second kappa shape index (κ2) is 4.97. The molecule has 5 heteroatoms. The van der Waals surface area contributed by atoms with Gasteiger partial charge in [0.2, 0.25) is 11.8 Å². The lowest BCUT2D eigenvalue weighted by molar-refractivity contribution is -0.162. The van der Waals surface area contributed by atoms with E-state index in [1.807, 2.05) is 25.7 Å². The largest absolute Gasteiger partial charge is 0.379 e. The molecule has 0 aromatic rings. The summed E-state index contributed by atoms with van der Waals surface area (Å²) in [5.41, 5.74) is -0.913. The van der Waals surface area contributed by atoms with Gasteiger partial charge in [0.05, 0.1) is 12.6 Å². The fraction of sp³-hybridized carbons (Fsp3) is 0.875. The van der Waals surface area contributed by atoms with Crippen molar-refractivity contribution in [3.8, 4) is 0 Å². The molecule has 2 amide bonds. The molecule has 0 bridgehead atoms. The van der Waals surface area contributed by atoms with E-state index in [1.54, 1.807) is 0 Å². The van der Waals surface area contributed by atoms with Crippen LogP contribution in [0.3, 0.4) is 0 Å². The van der Waals surface area contributed by atoms with E-state index in [0.717, 1.165) is 32.1 Å². The average molecular weight is 294 g/mol. The fourth-order valence-electron chi connectivity index (χ4n) is 4.09. The minimum absolute atomic E-state index is 0.0101. The van der Waals surface area contributed by atoms with Crippen LogP contribution >= 0.6 is 0 Å². The van der Waals surface area contributed by atoms with Gasteiger partial charge in [0.1, 0.15) is 11.6 Å².